The number of carbonyl (C=O) groups is 1. The van der Waals surface area contributed by atoms with Crippen molar-refractivity contribution >= 4 is 11.6 Å². The highest BCUT2D eigenvalue weighted by molar-refractivity contribution is 5.93. The lowest BCUT2D eigenvalue weighted by Gasteiger charge is -2.31. The second-order valence-corrected chi connectivity index (χ2v) is 6.92. The second kappa shape index (κ2) is 9.46. The monoisotopic (exact) mass is 384 g/mol. The molecular formula is C22H28N2O4. The first kappa shape index (κ1) is 20.0. The van der Waals surface area contributed by atoms with Crippen LogP contribution < -0.4 is 19.5 Å². The van der Waals surface area contributed by atoms with Crippen molar-refractivity contribution in [2.75, 3.05) is 46.3 Å². The number of amides is 1. The maximum absolute atomic E-state index is 12.5. The normalized spacial score (nSPS) is 15.1. The Bertz CT molecular complexity index is 761. The molecule has 28 heavy (non-hydrogen) atoms. The zero-order valence-electron chi connectivity index (χ0n) is 16.7. The Morgan fingerprint density at radius 3 is 2.14 bits per heavy atom. The quantitative estimate of drug-likeness (QED) is 0.791. The van der Waals surface area contributed by atoms with E-state index >= 15 is 0 Å². The van der Waals surface area contributed by atoms with E-state index in [2.05, 4.69) is 34.5 Å². The summed E-state index contributed by atoms with van der Waals surface area (Å²) in [5.41, 5.74) is 2.02. The predicted molar refractivity (Wildman–Crippen MR) is 110 cm³/mol. The zero-order chi connectivity index (χ0) is 19.9. The van der Waals surface area contributed by atoms with Gasteiger partial charge >= 0.3 is 0 Å². The topological polar surface area (TPSA) is 60.0 Å². The standard InChI is InChI=1S/C22H28N2O4/c1-26-19-13-18(14-20(27-2)22(19)28-3)23-21(25)15-24-11-9-17(10-12-24)16-7-5-4-6-8-16/h4-8,13-14,17H,9-12,15H2,1-3H3,(H,23,25). The first-order valence-electron chi connectivity index (χ1n) is 9.51. The van der Waals surface area contributed by atoms with Crippen LogP contribution in [-0.4, -0.2) is 51.8 Å². The number of ether oxygens (including phenoxy) is 3. The van der Waals surface area contributed by atoms with E-state index in [1.54, 1.807) is 33.5 Å². The molecule has 6 heteroatoms. The van der Waals surface area contributed by atoms with Gasteiger partial charge in [0.15, 0.2) is 11.5 Å². The third-order valence-corrected chi connectivity index (χ3v) is 5.17. The van der Waals surface area contributed by atoms with Gasteiger partial charge in [-0.3, -0.25) is 9.69 Å². The SMILES string of the molecule is COc1cc(NC(=O)CN2CCC(c3ccccc3)CC2)cc(OC)c1OC. The summed E-state index contributed by atoms with van der Waals surface area (Å²) in [6.45, 7) is 2.21. The van der Waals surface area contributed by atoms with Gasteiger partial charge in [-0.25, -0.2) is 0 Å². The number of hydrogen-bond acceptors (Lipinski definition) is 5. The summed E-state index contributed by atoms with van der Waals surface area (Å²) in [7, 11) is 4.66. The molecule has 1 amide bonds. The van der Waals surface area contributed by atoms with Crippen LogP contribution in [0, 0.1) is 0 Å². The number of carbonyl (C=O) groups excluding carboxylic acids is 1. The van der Waals surface area contributed by atoms with Crippen LogP contribution in [0.5, 0.6) is 17.2 Å². The summed E-state index contributed by atoms with van der Waals surface area (Å²) in [4.78, 5) is 14.7. The predicted octanol–water partition coefficient (Wildman–Crippen LogP) is 3.53. The summed E-state index contributed by atoms with van der Waals surface area (Å²) >= 11 is 0. The first-order chi connectivity index (χ1) is 13.6. The summed E-state index contributed by atoms with van der Waals surface area (Å²) in [5, 5.41) is 2.94. The molecule has 6 nitrogen and oxygen atoms in total. The lowest BCUT2D eigenvalue weighted by atomic mass is 9.89. The molecule has 2 aromatic rings. The van der Waals surface area contributed by atoms with Gasteiger partial charge in [0.2, 0.25) is 11.7 Å². The molecule has 2 aromatic carbocycles. The molecule has 150 valence electrons. The molecule has 1 aliphatic heterocycles. The number of nitrogens with zero attached hydrogens (tertiary/aromatic N) is 1. The number of benzene rings is 2. The van der Waals surface area contributed by atoms with Crippen molar-refractivity contribution < 1.29 is 19.0 Å². The van der Waals surface area contributed by atoms with Gasteiger partial charge in [0.25, 0.3) is 0 Å². The minimum Gasteiger partial charge on any atom is -0.493 e. The van der Waals surface area contributed by atoms with Crippen LogP contribution >= 0.6 is 0 Å². The molecule has 1 fully saturated rings. The fourth-order valence-electron chi connectivity index (χ4n) is 3.71. The van der Waals surface area contributed by atoms with Crippen molar-refractivity contribution in [2.24, 2.45) is 0 Å². The van der Waals surface area contributed by atoms with E-state index in [1.807, 2.05) is 6.07 Å². The van der Waals surface area contributed by atoms with Crippen LogP contribution in [-0.2, 0) is 4.79 Å². The average molecular weight is 384 g/mol. The van der Waals surface area contributed by atoms with Crippen LogP contribution in [0.15, 0.2) is 42.5 Å². The lowest BCUT2D eigenvalue weighted by Crippen LogP contribution is -2.38. The number of likely N-dealkylation sites (tertiary alicyclic amines) is 1. The van der Waals surface area contributed by atoms with Gasteiger partial charge in [0, 0.05) is 17.8 Å². The molecular weight excluding hydrogens is 356 g/mol. The number of anilines is 1. The number of methoxy groups -OCH3 is 3. The third kappa shape index (κ3) is 4.75. The van der Waals surface area contributed by atoms with E-state index < -0.39 is 0 Å². The summed E-state index contributed by atoms with van der Waals surface area (Å²) < 4.78 is 16.0. The molecule has 0 atom stereocenters. The number of rotatable bonds is 7. The summed E-state index contributed by atoms with van der Waals surface area (Å²) in [6, 6.07) is 14.1. The highest BCUT2D eigenvalue weighted by Gasteiger charge is 2.22. The Hall–Kier alpha value is -2.73. The maximum Gasteiger partial charge on any atom is 0.238 e. The number of piperidine rings is 1. The van der Waals surface area contributed by atoms with E-state index in [0.29, 0.717) is 35.4 Å². The molecule has 1 aliphatic rings. The molecule has 0 spiro atoms. The van der Waals surface area contributed by atoms with E-state index in [1.165, 1.54) is 5.56 Å². The largest absolute Gasteiger partial charge is 0.493 e. The molecule has 0 radical (unpaired) electrons. The molecule has 0 aliphatic carbocycles. The summed E-state index contributed by atoms with van der Waals surface area (Å²) in [5.74, 6) is 2.07. The van der Waals surface area contributed by atoms with Crippen molar-refractivity contribution in [1.82, 2.24) is 4.90 Å². The van der Waals surface area contributed by atoms with E-state index in [-0.39, 0.29) is 5.91 Å². The van der Waals surface area contributed by atoms with Gasteiger partial charge in [-0.1, -0.05) is 30.3 Å². The van der Waals surface area contributed by atoms with Crippen molar-refractivity contribution in [1.29, 1.82) is 0 Å². The highest BCUT2D eigenvalue weighted by Crippen LogP contribution is 2.40. The average Bonchev–Trinajstić information content (AvgIpc) is 2.74. The second-order valence-electron chi connectivity index (χ2n) is 6.92. The Kier molecular flexibility index (Phi) is 6.76. The Morgan fingerprint density at radius 2 is 1.61 bits per heavy atom. The van der Waals surface area contributed by atoms with Crippen LogP contribution in [0.25, 0.3) is 0 Å². The molecule has 0 unspecified atom stereocenters. The molecule has 3 rings (SSSR count). The fraction of sp³-hybridized carbons (Fsp3) is 0.409. The van der Waals surface area contributed by atoms with Crippen LogP contribution in [0.3, 0.4) is 0 Å². The Labute approximate surface area is 166 Å². The Balaban J connectivity index is 1.56. The van der Waals surface area contributed by atoms with Crippen LogP contribution in [0.1, 0.15) is 24.3 Å². The molecule has 0 aromatic heterocycles. The number of nitrogens with one attached hydrogen (secondary N) is 1. The van der Waals surface area contributed by atoms with E-state index in [0.717, 1.165) is 25.9 Å². The van der Waals surface area contributed by atoms with Crippen molar-refractivity contribution in [3.05, 3.63) is 48.0 Å². The fourth-order valence-corrected chi connectivity index (χ4v) is 3.71. The van der Waals surface area contributed by atoms with E-state index in [9.17, 15) is 4.79 Å². The smallest absolute Gasteiger partial charge is 0.238 e. The van der Waals surface area contributed by atoms with Gasteiger partial charge in [-0.2, -0.15) is 0 Å². The van der Waals surface area contributed by atoms with Gasteiger partial charge in [-0.15, -0.1) is 0 Å². The molecule has 1 N–H and O–H groups in total. The molecule has 0 bridgehead atoms. The minimum absolute atomic E-state index is 0.0487. The van der Waals surface area contributed by atoms with Crippen molar-refractivity contribution in [3.63, 3.8) is 0 Å². The molecule has 0 saturated carbocycles. The van der Waals surface area contributed by atoms with E-state index in [4.69, 9.17) is 14.2 Å². The summed E-state index contributed by atoms with van der Waals surface area (Å²) in [6.07, 6.45) is 2.14. The van der Waals surface area contributed by atoms with Gasteiger partial charge in [0.05, 0.1) is 27.9 Å². The lowest BCUT2D eigenvalue weighted by molar-refractivity contribution is -0.117. The van der Waals surface area contributed by atoms with Gasteiger partial charge in [-0.05, 0) is 37.4 Å². The molecule has 1 heterocycles. The van der Waals surface area contributed by atoms with Crippen molar-refractivity contribution in [3.8, 4) is 17.2 Å². The Morgan fingerprint density at radius 1 is 1.00 bits per heavy atom. The first-order valence-corrected chi connectivity index (χ1v) is 9.51. The number of hydrogen-bond donors (Lipinski definition) is 1. The van der Waals surface area contributed by atoms with Gasteiger partial charge in [0.1, 0.15) is 0 Å². The van der Waals surface area contributed by atoms with Gasteiger partial charge < -0.3 is 19.5 Å². The highest BCUT2D eigenvalue weighted by atomic mass is 16.5. The van der Waals surface area contributed by atoms with Crippen LogP contribution in [0.2, 0.25) is 0 Å². The molecule has 1 saturated heterocycles. The zero-order valence-corrected chi connectivity index (χ0v) is 16.7. The third-order valence-electron chi connectivity index (χ3n) is 5.17. The minimum atomic E-state index is -0.0487. The maximum atomic E-state index is 12.5. The van der Waals surface area contributed by atoms with Crippen LogP contribution in [0.4, 0.5) is 5.69 Å². The van der Waals surface area contributed by atoms with Crippen molar-refractivity contribution in [2.45, 2.75) is 18.8 Å².